The van der Waals surface area contributed by atoms with Crippen LogP contribution in [0.4, 0.5) is 17.6 Å². The summed E-state index contributed by atoms with van der Waals surface area (Å²) in [5.41, 5.74) is -1.42. The van der Waals surface area contributed by atoms with Crippen molar-refractivity contribution in [3.63, 3.8) is 0 Å². The van der Waals surface area contributed by atoms with E-state index in [1.54, 1.807) is 0 Å². The van der Waals surface area contributed by atoms with Crippen molar-refractivity contribution >= 4 is 11.6 Å². The fraction of sp³-hybridized carbons (Fsp3) is 0.250. The average molecular weight is 213 g/mol. The molecule has 0 saturated carbocycles. The van der Waals surface area contributed by atoms with Gasteiger partial charge in [-0.2, -0.15) is 0 Å². The number of halogens is 5. The number of hydrogen-bond donors (Lipinski definition) is 0. The maximum absolute atomic E-state index is 12.8. The first-order chi connectivity index (χ1) is 6.07. The molecule has 0 spiro atoms. The summed E-state index contributed by atoms with van der Waals surface area (Å²) in [6.45, 7) is 0. The third-order valence-corrected chi connectivity index (χ3v) is 1.87. The molecule has 0 bridgehead atoms. The Morgan fingerprint density at radius 1 is 1.15 bits per heavy atom. The Kier molecular flexibility index (Phi) is 3.14. The van der Waals surface area contributed by atoms with Crippen molar-refractivity contribution in [3.8, 4) is 0 Å². The molecule has 72 valence electrons. The van der Waals surface area contributed by atoms with Crippen molar-refractivity contribution < 1.29 is 17.6 Å². The standard InChI is InChI=1S/C8H5ClF4/c9-3-4-5(10)1-2-6(11)7(4)8(12)13/h1-2,8H,3H2. The van der Waals surface area contributed by atoms with Crippen LogP contribution in [-0.4, -0.2) is 0 Å². The van der Waals surface area contributed by atoms with Crippen LogP contribution in [0.5, 0.6) is 0 Å². The van der Waals surface area contributed by atoms with Gasteiger partial charge < -0.3 is 0 Å². The van der Waals surface area contributed by atoms with E-state index in [2.05, 4.69) is 0 Å². The van der Waals surface area contributed by atoms with Crippen molar-refractivity contribution in [2.75, 3.05) is 0 Å². The van der Waals surface area contributed by atoms with Crippen LogP contribution in [0.1, 0.15) is 17.6 Å². The summed E-state index contributed by atoms with van der Waals surface area (Å²) in [4.78, 5) is 0. The predicted molar refractivity (Wildman–Crippen MR) is 40.9 cm³/mol. The first-order valence-corrected chi connectivity index (χ1v) is 3.92. The maximum atomic E-state index is 12.8. The van der Waals surface area contributed by atoms with Gasteiger partial charge in [-0.3, -0.25) is 0 Å². The highest BCUT2D eigenvalue weighted by Crippen LogP contribution is 2.28. The highest BCUT2D eigenvalue weighted by molar-refractivity contribution is 6.17. The van der Waals surface area contributed by atoms with Crippen LogP contribution >= 0.6 is 11.6 Å². The summed E-state index contributed by atoms with van der Waals surface area (Å²) < 4.78 is 49.9. The minimum absolute atomic E-state index is 0.469. The Balaban J connectivity index is 3.35. The normalized spacial score (nSPS) is 10.9. The van der Waals surface area contributed by atoms with Crippen LogP contribution in [0.25, 0.3) is 0 Å². The van der Waals surface area contributed by atoms with E-state index in [9.17, 15) is 17.6 Å². The summed E-state index contributed by atoms with van der Waals surface area (Å²) in [6, 6.07) is 1.44. The molecule has 0 nitrogen and oxygen atoms in total. The van der Waals surface area contributed by atoms with Gasteiger partial charge in [0.2, 0.25) is 0 Å². The van der Waals surface area contributed by atoms with E-state index in [1.165, 1.54) is 0 Å². The lowest BCUT2D eigenvalue weighted by molar-refractivity contribution is 0.144. The van der Waals surface area contributed by atoms with Crippen molar-refractivity contribution in [3.05, 3.63) is 34.9 Å². The molecule has 0 aliphatic rings. The largest absolute Gasteiger partial charge is 0.267 e. The molecule has 0 saturated heterocycles. The van der Waals surface area contributed by atoms with Crippen LogP contribution in [0.3, 0.4) is 0 Å². The van der Waals surface area contributed by atoms with Crippen molar-refractivity contribution in [1.82, 2.24) is 0 Å². The molecule has 0 N–H and O–H groups in total. The Hall–Kier alpha value is -0.770. The number of hydrogen-bond acceptors (Lipinski definition) is 0. The van der Waals surface area contributed by atoms with Gasteiger partial charge in [0.1, 0.15) is 11.6 Å². The monoisotopic (exact) mass is 212 g/mol. The molecule has 13 heavy (non-hydrogen) atoms. The zero-order chi connectivity index (χ0) is 10.0. The fourth-order valence-electron chi connectivity index (χ4n) is 0.981. The third kappa shape index (κ3) is 1.94. The second-order valence-electron chi connectivity index (χ2n) is 2.36. The van der Waals surface area contributed by atoms with E-state index in [0.717, 1.165) is 6.07 Å². The summed E-state index contributed by atoms with van der Waals surface area (Å²) in [7, 11) is 0. The molecule has 0 heterocycles. The first-order valence-electron chi connectivity index (χ1n) is 3.38. The van der Waals surface area contributed by atoms with E-state index in [4.69, 9.17) is 11.6 Å². The van der Waals surface area contributed by atoms with Crippen LogP contribution in [0.2, 0.25) is 0 Å². The molecule has 0 aliphatic heterocycles. The zero-order valence-electron chi connectivity index (χ0n) is 6.33. The predicted octanol–water partition coefficient (Wildman–Crippen LogP) is 3.64. The number of rotatable bonds is 2. The Labute approximate surface area is 77.1 Å². The Bertz CT molecular complexity index is 311. The van der Waals surface area contributed by atoms with Crippen LogP contribution in [-0.2, 0) is 5.88 Å². The van der Waals surface area contributed by atoms with Gasteiger partial charge in [-0.15, -0.1) is 11.6 Å². The molecule has 0 aliphatic carbocycles. The lowest BCUT2D eigenvalue weighted by atomic mass is 10.1. The maximum Gasteiger partial charge on any atom is 0.267 e. The van der Waals surface area contributed by atoms with E-state index >= 15 is 0 Å². The van der Waals surface area contributed by atoms with E-state index in [-0.39, 0.29) is 0 Å². The van der Waals surface area contributed by atoms with Gasteiger partial charge in [-0.05, 0) is 12.1 Å². The first kappa shape index (κ1) is 10.3. The van der Waals surface area contributed by atoms with Gasteiger partial charge in [0.15, 0.2) is 0 Å². The minimum Gasteiger partial charge on any atom is -0.207 e. The molecule has 1 aromatic rings. The molecule has 5 heteroatoms. The molecule has 0 amide bonds. The highest BCUT2D eigenvalue weighted by atomic mass is 35.5. The smallest absolute Gasteiger partial charge is 0.207 e. The molecular formula is C8H5ClF4. The lowest BCUT2D eigenvalue weighted by Crippen LogP contribution is -2.00. The fourth-order valence-corrected chi connectivity index (χ4v) is 1.25. The van der Waals surface area contributed by atoms with Crippen molar-refractivity contribution in [1.29, 1.82) is 0 Å². The van der Waals surface area contributed by atoms with Crippen LogP contribution in [0.15, 0.2) is 12.1 Å². The average Bonchev–Trinajstić information content (AvgIpc) is 2.07. The van der Waals surface area contributed by atoms with Gasteiger partial charge in [0, 0.05) is 5.56 Å². The summed E-state index contributed by atoms with van der Waals surface area (Å²) >= 11 is 5.21. The Morgan fingerprint density at radius 2 is 1.69 bits per heavy atom. The quantitative estimate of drug-likeness (QED) is 0.519. The molecule has 1 rings (SSSR count). The zero-order valence-corrected chi connectivity index (χ0v) is 7.08. The topological polar surface area (TPSA) is 0 Å². The SMILES string of the molecule is Fc1ccc(F)c(C(F)F)c1CCl. The summed E-state index contributed by atoms with van der Waals surface area (Å²) in [5, 5.41) is 0. The van der Waals surface area contributed by atoms with E-state index in [0.29, 0.717) is 6.07 Å². The van der Waals surface area contributed by atoms with Gasteiger partial charge in [-0.25, -0.2) is 17.6 Å². The number of benzene rings is 1. The second kappa shape index (κ2) is 3.96. The Morgan fingerprint density at radius 3 is 2.08 bits per heavy atom. The van der Waals surface area contributed by atoms with Crippen LogP contribution in [0, 0.1) is 11.6 Å². The second-order valence-corrected chi connectivity index (χ2v) is 2.62. The lowest BCUT2D eigenvalue weighted by Gasteiger charge is -2.07. The van der Waals surface area contributed by atoms with Crippen molar-refractivity contribution in [2.45, 2.75) is 12.3 Å². The number of alkyl halides is 3. The van der Waals surface area contributed by atoms with E-state index < -0.39 is 35.1 Å². The van der Waals surface area contributed by atoms with Crippen LogP contribution < -0.4 is 0 Å². The van der Waals surface area contributed by atoms with Gasteiger partial charge in [0.25, 0.3) is 6.43 Å². The molecule has 0 radical (unpaired) electrons. The van der Waals surface area contributed by atoms with E-state index in [1.807, 2.05) is 0 Å². The molecule has 0 atom stereocenters. The molecule has 0 aromatic heterocycles. The molecule has 0 unspecified atom stereocenters. The van der Waals surface area contributed by atoms with Gasteiger partial charge in [-0.1, -0.05) is 0 Å². The van der Waals surface area contributed by atoms with Gasteiger partial charge >= 0.3 is 0 Å². The van der Waals surface area contributed by atoms with Gasteiger partial charge in [0.05, 0.1) is 11.4 Å². The third-order valence-electron chi connectivity index (χ3n) is 1.60. The molecule has 1 aromatic carbocycles. The minimum atomic E-state index is -3.05. The van der Waals surface area contributed by atoms with Crippen molar-refractivity contribution in [2.24, 2.45) is 0 Å². The molecular weight excluding hydrogens is 208 g/mol. The molecule has 0 fully saturated rings. The highest BCUT2D eigenvalue weighted by Gasteiger charge is 2.20. The summed E-state index contributed by atoms with van der Waals surface area (Å²) in [6.07, 6.45) is -3.05. The summed E-state index contributed by atoms with van der Waals surface area (Å²) in [5.74, 6) is -2.51.